The van der Waals surface area contributed by atoms with E-state index in [1.54, 1.807) is 19.0 Å². The highest BCUT2D eigenvalue weighted by Gasteiger charge is 2.32. The lowest BCUT2D eigenvalue weighted by Crippen LogP contribution is -2.57. The van der Waals surface area contributed by atoms with E-state index < -0.39 is 0 Å². The van der Waals surface area contributed by atoms with Gasteiger partial charge in [0.1, 0.15) is 0 Å². The average Bonchev–Trinajstić information content (AvgIpc) is 2.16. The van der Waals surface area contributed by atoms with E-state index >= 15 is 0 Å². The molecule has 2 heterocycles. The van der Waals surface area contributed by atoms with Gasteiger partial charge in [-0.25, -0.2) is 5.32 Å². The van der Waals surface area contributed by atoms with Crippen LogP contribution < -0.4 is 5.32 Å². The molecule has 0 saturated carbocycles. The minimum absolute atomic E-state index is 0.159. The average molecular weight is 212 g/mol. The predicted molar refractivity (Wildman–Crippen MR) is 55.7 cm³/mol. The number of rotatable bonds is 2. The summed E-state index contributed by atoms with van der Waals surface area (Å²) in [5, 5.41) is 4.36. The van der Waals surface area contributed by atoms with E-state index in [0.717, 1.165) is 26.2 Å². The molecule has 0 spiro atoms. The first kappa shape index (κ1) is 10.9. The number of carbonyl (C=O) groups excluding carboxylic acids is 1. The Balaban J connectivity index is 1.86. The van der Waals surface area contributed by atoms with Crippen molar-refractivity contribution in [3.8, 4) is 0 Å². The highest BCUT2D eigenvalue weighted by molar-refractivity contribution is 5.77. The maximum absolute atomic E-state index is 11.6. The van der Waals surface area contributed by atoms with Gasteiger partial charge in [-0.05, 0) is 0 Å². The molecule has 2 aliphatic rings. The summed E-state index contributed by atoms with van der Waals surface area (Å²) in [4.78, 5) is 15.4. The number of hydrogen-bond acceptors (Lipinski definition) is 3. The van der Waals surface area contributed by atoms with Gasteiger partial charge in [0.2, 0.25) is 5.91 Å². The van der Waals surface area contributed by atoms with Gasteiger partial charge in [0, 0.05) is 40.3 Å². The zero-order valence-corrected chi connectivity index (χ0v) is 9.35. The molecular weight excluding hydrogens is 194 g/mol. The summed E-state index contributed by atoms with van der Waals surface area (Å²) in [6, 6.07) is 0. The van der Waals surface area contributed by atoms with Crippen molar-refractivity contribution in [1.29, 1.82) is 0 Å². The molecule has 2 fully saturated rings. The zero-order valence-electron chi connectivity index (χ0n) is 9.35. The minimum Gasteiger partial charge on any atom is -0.370 e. The number of nitrogens with zero attached hydrogens (tertiary/aromatic N) is 3. The summed E-state index contributed by atoms with van der Waals surface area (Å²) in [7, 11) is 3.58. The lowest BCUT2D eigenvalue weighted by molar-refractivity contribution is -0.136. The minimum atomic E-state index is 0.159. The Hall–Kier alpha value is -0.650. The van der Waals surface area contributed by atoms with Crippen LogP contribution in [0.5, 0.6) is 0 Å². The first-order valence-corrected chi connectivity index (χ1v) is 5.36. The highest BCUT2D eigenvalue weighted by Crippen LogP contribution is 2.14. The fourth-order valence-corrected chi connectivity index (χ4v) is 2.03. The van der Waals surface area contributed by atoms with Crippen molar-refractivity contribution >= 4 is 5.91 Å². The molecule has 0 aliphatic carbocycles. The van der Waals surface area contributed by atoms with Crippen LogP contribution in [0.15, 0.2) is 0 Å². The molecule has 2 atom stereocenters. The van der Waals surface area contributed by atoms with Crippen molar-refractivity contribution in [2.24, 2.45) is 0 Å². The van der Waals surface area contributed by atoms with Gasteiger partial charge in [-0.2, -0.15) is 0 Å². The van der Waals surface area contributed by atoms with Gasteiger partial charge in [-0.1, -0.05) is 0 Å². The SMILES string of the molecule is CN(C)C(=O)CN1CC2C[N]CC(C1)O2. The largest absolute Gasteiger partial charge is 0.370 e. The third-order valence-corrected chi connectivity index (χ3v) is 2.83. The quantitative estimate of drug-likeness (QED) is 0.575. The first-order chi connectivity index (χ1) is 7.15. The molecule has 5 heteroatoms. The molecule has 0 N–H and O–H groups in total. The van der Waals surface area contributed by atoms with E-state index in [9.17, 15) is 4.79 Å². The van der Waals surface area contributed by atoms with Crippen LogP contribution in [0.3, 0.4) is 0 Å². The van der Waals surface area contributed by atoms with Crippen LogP contribution in [0, 0.1) is 0 Å². The number of likely N-dealkylation sites (N-methyl/N-ethyl adjacent to an activating group) is 1. The molecule has 1 amide bonds. The molecular formula is C10H18N3O2. The molecule has 1 radical (unpaired) electrons. The molecule has 0 aromatic rings. The van der Waals surface area contributed by atoms with Gasteiger partial charge < -0.3 is 9.64 Å². The second-order valence-electron chi connectivity index (χ2n) is 4.45. The molecule has 2 unspecified atom stereocenters. The molecule has 85 valence electrons. The van der Waals surface area contributed by atoms with E-state index in [1.807, 2.05) is 0 Å². The van der Waals surface area contributed by atoms with E-state index in [2.05, 4.69) is 10.2 Å². The van der Waals surface area contributed by atoms with Gasteiger partial charge in [0.05, 0.1) is 18.8 Å². The number of amides is 1. The molecule has 15 heavy (non-hydrogen) atoms. The van der Waals surface area contributed by atoms with E-state index in [1.165, 1.54) is 0 Å². The van der Waals surface area contributed by atoms with Crippen LogP contribution in [0.4, 0.5) is 0 Å². The summed E-state index contributed by atoms with van der Waals surface area (Å²) in [5.74, 6) is 0.159. The first-order valence-electron chi connectivity index (χ1n) is 5.36. The smallest absolute Gasteiger partial charge is 0.236 e. The number of fused-ring (bicyclic) bond motifs is 2. The summed E-state index contributed by atoms with van der Waals surface area (Å²) in [5.41, 5.74) is 0. The van der Waals surface area contributed by atoms with Crippen molar-refractivity contribution in [2.45, 2.75) is 12.2 Å². The van der Waals surface area contributed by atoms with Crippen molar-refractivity contribution in [3.63, 3.8) is 0 Å². The summed E-state index contributed by atoms with van der Waals surface area (Å²) in [6.07, 6.45) is 0.403. The Bertz CT molecular complexity index is 233. The van der Waals surface area contributed by atoms with Crippen LogP contribution in [0.25, 0.3) is 0 Å². The highest BCUT2D eigenvalue weighted by atomic mass is 16.5. The Labute approximate surface area is 90.4 Å². The van der Waals surface area contributed by atoms with Crippen molar-refractivity contribution in [2.75, 3.05) is 46.8 Å². The number of morpholine rings is 2. The van der Waals surface area contributed by atoms with E-state index in [0.29, 0.717) is 6.54 Å². The lowest BCUT2D eigenvalue weighted by atomic mass is 10.1. The second-order valence-corrected chi connectivity index (χ2v) is 4.45. The molecule has 0 aromatic carbocycles. The summed E-state index contributed by atoms with van der Waals surface area (Å²) in [6.45, 7) is 3.73. The van der Waals surface area contributed by atoms with E-state index in [4.69, 9.17) is 4.74 Å². The van der Waals surface area contributed by atoms with E-state index in [-0.39, 0.29) is 18.1 Å². The lowest BCUT2D eigenvalue weighted by Gasteiger charge is -2.41. The number of ether oxygens (including phenoxy) is 1. The molecule has 5 nitrogen and oxygen atoms in total. The standard InChI is InChI=1S/C10H18N3O2/c1-12(2)10(14)7-13-5-8-3-11-4-9(6-13)15-8/h8-9H,3-7H2,1-2H3. The Morgan fingerprint density at radius 3 is 2.53 bits per heavy atom. The summed E-state index contributed by atoms with van der Waals surface area (Å²) >= 11 is 0. The van der Waals surface area contributed by atoms with Gasteiger partial charge >= 0.3 is 0 Å². The molecule has 2 bridgehead atoms. The maximum atomic E-state index is 11.6. The van der Waals surface area contributed by atoms with Gasteiger partial charge in [-0.3, -0.25) is 9.69 Å². The van der Waals surface area contributed by atoms with Crippen molar-refractivity contribution < 1.29 is 9.53 Å². The van der Waals surface area contributed by atoms with Crippen molar-refractivity contribution in [3.05, 3.63) is 0 Å². The van der Waals surface area contributed by atoms with Gasteiger partial charge in [0.15, 0.2) is 0 Å². The maximum Gasteiger partial charge on any atom is 0.236 e. The molecule has 2 saturated heterocycles. The molecule has 0 aromatic heterocycles. The van der Waals surface area contributed by atoms with Gasteiger partial charge in [-0.15, -0.1) is 0 Å². The normalized spacial score (nSPS) is 31.3. The van der Waals surface area contributed by atoms with Crippen molar-refractivity contribution in [1.82, 2.24) is 15.1 Å². The van der Waals surface area contributed by atoms with Crippen LogP contribution in [-0.4, -0.2) is 74.7 Å². The van der Waals surface area contributed by atoms with Crippen LogP contribution in [0.1, 0.15) is 0 Å². The molecule has 2 rings (SSSR count). The Morgan fingerprint density at radius 1 is 1.40 bits per heavy atom. The number of carbonyl (C=O) groups is 1. The third kappa shape index (κ3) is 2.68. The van der Waals surface area contributed by atoms with Gasteiger partial charge in [0.25, 0.3) is 0 Å². The number of hydrogen-bond donors (Lipinski definition) is 0. The van der Waals surface area contributed by atoms with Crippen LogP contribution in [0.2, 0.25) is 0 Å². The van der Waals surface area contributed by atoms with Crippen LogP contribution >= 0.6 is 0 Å². The Kier molecular flexibility index (Phi) is 3.23. The fraction of sp³-hybridized carbons (Fsp3) is 0.900. The topological polar surface area (TPSA) is 46.9 Å². The predicted octanol–water partition coefficient (Wildman–Crippen LogP) is -1.24. The van der Waals surface area contributed by atoms with Crippen LogP contribution in [-0.2, 0) is 9.53 Å². The summed E-state index contributed by atoms with van der Waals surface area (Å²) < 4.78 is 5.73. The monoisotopic (exact) mass is 212 g/mol. The molecule has 2 aliphatic heterocycles. The zero-order chi connectivity index (χ0) is 10.8. The third-order valence-electron chi connectivity index (χ3n) is 2.83. The Morgan fingerprint density at radius 2 is 2.00 bits per heavy atom. The fourth-order valence-electron chi connectivity index (χ4n) is 2.03. The second kappa shape index (κ2) is 4.47.